The van der Waals surface area contributed by atoms with Crippen LogP contribution in [0.3, 0.4) is 0 Å². The number of benzene rings is 2. The minimum atomic E-state index is 0.553. The molecule has 23 heavy (non-hydrogen) atoms. The van der Waals surface area contributed by atoms with Crippen molar-refractivity contribution < 1.29 is 8.83 Å². The number of nitrogens with zero attached hydrogens (tertiary/aromatic N) is 2. The van der Waals surface area contributed by atoms with Crippen LogP contribution in [0.2, 0.25) is 0 Å². The van der Waals surface area contributed by atoms with Gasteiger partial charge in [0.15, 0.2) is 0 Å². The maximum atomic E-state index is 6.07. The normalized spacial score (nSPS) is 11.7. The third-order valence-corrected chi connectivity index (χ3v) is 4.21. The molecule has 110 valence electrons. The molecule has 5 rings (SSSR count). The summed E-state index contributed by atoms with van der Waals surface area (Å²) in [7, 11) is 0. The number of furan rings is 2. The Hall–Kier alpha value is -3.14. The Morgan fingerprint density at radius 3 is 2.70 bits per heavy atom. The highest BCUT2D eigenvalue weighted by atomic mass is 16.5. The van der Waals surface area contributed by atoms with E-state index in [0.717, 1.165) is 44.1 Å². The van der Waals surface area contributed by atoms with E-state index in [1.54, 1.807) is 18.6 Å². The van der Waals surface area contributed by atoms with Gasteiger partial charge in [0.25, 0.3) is 5.78 Å². The fraction of sp³-hybridized carbons (Fsp3) is 0.0526. The minimum Gasteiger partial charge on any atom is -0.425 e. The van der Waals surface area contributed by atoms with E-state index in [4.69, 9.17) is 8.83 Å². The molecule has 3 heterocycles. The lowest BCUT2D eigenvalue weighted by Crippen LogP contribution is -1.88. The van der Waals surface area contributed by atoms with E-state index in [0.29, 0.717) is 5.78 Å². The van der Waals surface area contributed by atoms with Crippen LogP contribution < -0.4 is 0 Å². The van der Waals surface area contributed by atoms with Gasteiger partial charge in [0.2, 0.25) is 0 Å². The second-order valence-electron chi connectivity index (χ2n) is 5.59. The fourth-order valence-electron chi connectivity index (χ4n) is 3.17. The van der Waals surface area contributed by atoms with Gasteiger partial charge in [-0.15, -0.1) is 0 Å². The van der Waals surface area contributed by atoms with Crippen LogP contribution in [0.25, 0.3) is 44.4 Å². The van der Waals surface area contributed by atoms with Gasteiger partial charge in [0.05, 0.1) is 17.3 Å². The molecule has 3 aromatic heterocycles. The third kappa shape index (κ3) is 1.66. The van der Waals surface area contributed by atoms with Gasteiger partial charge >= 0.3 is 0 Å². The Balaban J connectivity index is 1.96. The van der Waals surface area contributed by atoms with Crippen LogP contribution in [0.5, 0.6) is 0 Å². The topological polar surface area (TPSA) is 52.1 Å². The number of rotatable bonds is 1. The van der Waals surface area contributed by atoms with Crippen LogP contribution in [-0.4, -0.2) is 9.97 Å². The molecule has 0 aliphatic heterocycles. The van der Waals surface area contributed by atoms with Crippen LogP contribution in [-0.2, 0) is 0 Å². The lowest BCUT2D eigenvalue weighted by atomic mass is 10.0. The average molecular weight is 300 g/mol. The molecule has 0 aliphatic carbocycles. The lowest BCUT2D eigenvalue weighted by molar-refractivity contribution is 0.525. The zero-order chi connectivity index (χ0) is 15.4. The first kappa shape index (κ1) is 12.4. The van der Waals surface area contributed by atoms with Gasteiger partial charge in [0, 0.05) is 28.7 Å². The monoisotopic (exact) mass is 300 g/mol. The summed E-state index contributed by atoms with van der Waals surface area (Å²) in [6, 6.07) is 12.1. The van der Waals surface area contributed by atoms with Crippen molar-refractivity contribution in [1.29, 1.82) is 0 Å². The predicted octanol–water partition coefficient (Wildman–Crippen LogP) is 5.10. The zero-order valence-corrected chi connectivity index (χ0v) is 12.4. The van der Waals surface area contributed by atoms with E-state index in [9.17, 15) is 0 Å². The second kappa shape index (κ2) is 4.43. The van der Waals surface area contributed by atoms with Crippen molar-refractivity contribution in [3.63, 3.8) is 0 Å². The highest BCUT2D eigenvalue weighted by molar-refractivity contribution is 6.19. The minimum absolute atomic E-state index is 0.553. The van der Waals surface area contributed by atoms with E-state index < -0.39 is 0 Å². The van der Waals surface area contributed by atoms with Crippen molar-refractivity contribution in [2.24, 2.45) is 0 Å². The van der Waals surface area contributed by atoms with Gasteiger partial charge in [-0.3, -0.25) is 9.97 Å². The molecule has 0 unspecified atom stereocenters. The average Bonchev–Trinajstić information content (AvgIpc) is 3.11. The third-order valence-electron chi connectivity index (χ3n) is 4.21. The first-order valence-electron chi connectivity index (χ1n) is 7.42. The maximum Gasteiger partial charge on any atom is 0.299 e. The summed E-state index contributed by atoms with van der Waals surface area (Å²) in [5, 5.41) is 3.12. The molecule has 0 radical (unpaired) electrons. The molecule has 0 N–H and O–H groups in total. The van der Waals surface area contributed by atoms with Gasteiger partial charge in [-0.25, -0.2) is 0 Å². The van der Waals surface area contributed by atoms with Gasteiger partial charge in [-0.1, -0.05) is 30.3 Å². The smallest absolute Gasteiger partial charge is 0.299 e. The van der Waals surface area contributed by atoms with Crippen molar-refractivity contribution >= 4 is 33.1 Å². The number of hydrogen-bond donors (Lipinski definition) is 0. The molecule has 0 bridgehead atoms. The van der Waals surface area contributed by atoms with E-state index in [1.165, 1.54) is 0 Å². The van der Waals surface area contributed by atoms with Crippen LogP contribution in [0.4, 0.5) is 0 Å². The Bertz CT molecular complexity index is 1170. The summed E-state index contributed by atoms with van der Waals surface area (Å²) in [6.07, 6.45) is 5.11. The maximum absolute atomic E-state index is 6.07. The molecule has 0 saturated heterocycles. The van der Waals surface area contributed by atoms with Crippen LogP contribution >= 0.6 is 0 Å². The van der Waals surface area contributed by atoms with E-state index in [-0.39, 0.29) is 0 Å². The van der Waals surface area contributed by atoms with Gasteiger partial charge < -0.3 is 8.83 Å². The largest absolute Gasteiger partial charge is 0.425 e. The summed E-state index contributed by atoms with van der Waals surface area (Å²) in [5.41, 5.74) is 4.50. The summed E-state index contributed by atoms with van der Waals surface area (Å²) < 4.78 is 11.9. The highest BCUT2D eigenvalue weighted by Gasteiger charge is 2.19. The molecule has 0 fully saturated rings. The second-order valence-corrected chi connectivity index (χ2v) is 5.59. The molecule has 0 atom stereocenters. The number of aryl methyl sites for hydroxylation is 1. The Morgan fingerprint density at radius 2 is 1.83 bits per heavy atom. The van der Waals surface area contributed by atoms with Gasteiger partial charge in [-0.2, -0.15) is 0 Å². The molecule has 0 amide bonds. The Kier molecular flexibility index (Phi) is 2.39. The fourth-order valence-corrected chi connectivity index (χ4v) is 3.17. The van der Waals surface area contributed by atoms with E-state index >= 15 is 0 Å². The molecule has 0 saturated carbocycles. The van der Waals surface area contributed by atoms with Gasteiger partial charge in [-0.05, 0) is 18.6 Å². The molecular formula is C19H12N2O2. The highest BCUT2D eigenvalue weighted by Crippen LogP contribution is 2.41. The Morgan fingerprint density at radius 1 is 0.913 bits per heavy atom. The SMILES string of the molecule is Cc1ccc2c(oc3oc4ccccc4c32)c1-c1cnccn1. The molecule has 5 aromatic rings. The van der Waals surface area contributed by atoms with Crippen LogP contribution in [0.15, 0.2) is 63.8 Å². The summed E-state index contributed by atoms with van der Waals surface area (Å²) in [4.78, 5) is 8.60. The van der Waals surface area contributed by atoms with E-state index in [2.05, 4.69) is 28.2 Å². The summed E-state index contributed by atoms with van der Waals surface area (Å²) >= 11 is 0. The molecule has 4 nitrogen and oxygen atoms in total. The Labute approximate surface area is 131 Å². The molecule has 0 aliphatic rings. The van der Waals surface area contributed by atoms with E-state index in [1.807, 2.05) is 25.1 Å². The zero-order valence-electron chi connectivity index (χ0n) is 12.4. The number of para-hydroxylation sites is 1. The first-order chi connectivity index (χ1) is 11.3. The van der Waals surface area contributed by atoms with Crippen molar-refractivity contribution in [3.05, 3.63) is 60.6 Å². The van der Waals surface area contributed by atoms with Crippen molar-refractivity contribution in [2.75, 3.05) is 0 Å². The van der Waals surface area contributed by atoms with Crippen molar-refractivity contribution in [1.82, 2.24) is 9.97 Å². The molecule has 2 aromatic carbocycles. The molecule has 0 spiro atoms. The summed E-state index contributed by atoms with van der Waals surface area (Å²) in [6.45, 7) is 2.05. The number of aromatic nitrogens is 2. The van der Waals surface area contributed by atoms with Crippen molar-refractivity contribution in [3.8, 4) is 11.3 Å². The number of fused-ring (bicyclic) bond motifs is 5. The molecular weight excluding hydrogens is 288 g/mol. The molecule has 4 heteroatoms. The lowest BCUT2D eigenvalue weighted by Gasteiger charge is -2.05. The summed E-state index contributed by atoms with van der Waals surface area (Å²) in [5.74, 6) is 0.553. The predicted molar refractivity (Wildman–Crippen MR) is 89.3 cm³/mol. The first-order valence-corrected chi connectivity index (χ1v) is 7.42. The van der Waals surface area contributed by atoms with Crippen molar-refractivity contribution in [2.45, 2.75) is 6.92 Å². The quantitative estimate of drug-likeness (QED) is 0.432. The van der Waals surface area contributed by atoms with Crippen LogP contribution in [0, 0.1) is 6.92 Å². The van der Waals surface area contributed by atoms with Crippen LogP contribution in [0.1, 0.15) is 5.56 Å². The van der Waals surface area contributed by atoms with Gasteiger partial charge in [0.1, 0.15) is 11.2 Å². The number of hydrogen-bond acceptors (Lipinski definition) is 4. The standard InChI is InChI=1S/C19H12N2O2/c1-11-6-7-13-17-12-4-2-3-5-15(12)22-19(17)23-18(13)16(11)14-10-20-8-9-21-14/h2-10H,1H3.